The molecule has 2 rings (SSSR count). The fraction of sp³-hybridized carbons (Fsp3) is 0.167. The van der Waals surface area contributed by atoms with E-state index in [1.165, 1.54) is 6.07 Å². The predicted octanol–water partition coefficient (Wildman–Crippen LogP) is 4.21. The highest BCUT2D eigenvalue weighted by Crippen LogP contribution is 2.36. The third-order valence-electron chi connectivity index (χ3n) is 2.43. The maximum atomic E-state index is 11.1. The summed E-state index contributed by atoms with van der Waals surface area (Å²) in [5.74, 6) is 0.295. The van der Waals surface area contributed by atoms with Crippen LogP contribution in [0.2, 0.25) is 5.28 Å². The number of aromatic nitrogens is 2. The van der Waals surface area contributed by atoms with Crippen LogP contribution in [0.4, 0.5) is 5.69 Å². The van der Waals surface area contributed by atoms with Gasteiger partial charge in [0.2, 0.25) is 16.9 Å². The Morgan fingerprint density at radius 1 is 1.30 bits per heavy atom. The second kappa shape index (κ2) is 5.72. The molecule has 0 spiro atoms. The first kappa shape index (κ1) is 14.7. The van der Waals surface area contributed by atoms with E-state index in [0.717, 1.165) is 0 Å². The number of hydrogen-bond acceptors (Lipinski definition) is 5. The number of aryl methyl sites for hydroxylation is 2. The van der Waals surface area contributed by atoms with Gasteiger partial charge >= 0.3 is 5.69 Å². The van der Waals surface area contributed by atoms with E-state index in [1.54, 1.807) is 26.0 Å². The van der Waals surface area contributed by atoms with Crippen LogP contribution in [0.1, 0.15) is 11.3 Å². The third-order valence-corrected chi connectivity index (χ3v) is 3.05. The van der Waals surface area contributed by atoms with Crippen molar-refractivity contribution in [3.63, 3.8) is 0 Å². The highest BCUT2D eigenvalue weighted by atomic mass is 79.9. The van der Waals surface area contributed by atoms with Crippen LogP contribution in [0.15, 0.2) is 22.7 Å². The second-order valence-corrected chi connectivity index (χ2v) is 5.30. The largest absolute Gasteiger partial charge is 0.431 e. The van der Waals surface area contributed by atoms with E-state index in [2.05, 4.69) is 25.9 Å². The second-order valence-electron chi connectivity index (χ2n) is 4.05. The van der Waals surface area contributed by atoms with Crippen LogP contribution in [-0.4, -0.2) is 14.9 Å². The number of hydrogen-bond donors (Lipinski definition) is 0. The monoisotopic (exact) mass is 357 g/mol. The fourth-order valence-electron chi connectivity index (χ4n) is 1.64. The Bertz CT molecular complexity index is 674. The first-order chi connectivity index (χ1) is 9.36. The molecule has 1 aromatic carbocycles. The number of halogens is 2. The Balaban J connectivity index is 2.50. The van der Waals surface area contributed by atoms with Crippen LogP contribution in [0.3, 0.4) is 0 Å². The number of ether oxygens (including phenoxy) is 1. The molecule has 2 aromatic rings. The molecule has 0 bridgehead atoms. The molecular formula is C12H9BrClN3O3. The molecule has 6 nitrogen and oxygen atoms in total. The first-order valence-corrected chi connectivity index (χ1v) is 6.67. The number of benzene rings is 1. The summed E-state index contributed by atoms with van der Waals surface area (Å²) in [4.78, 5) is 18.4. The van der Waals surface area contributed by atoms with Crippen molar-refractivity contribution in [3.8, 4) is 11.6 Å². The van der Waals surface area contributed by atoms with Gasteiger partial charge in [-0.1, -0.05) is 15.9 Å². The zero-order valence-corrected chi connectivity index (χ0v) is 12.9. The fourth-order valence-corrected chi connectivity index (χ4v) is 2.42. The van der Waals surface area contributed by atoms with E-state index in [0.29, 0.717) is 15.7 Å². The van der Waals surface area contributed by atoms with Gasteiger partial charge in [-0.05, 0) is 31.5 Å². The van der Waals surface area contributed by atoms with Gasteiger partial charge < -0.3 is 4.74 Å². The molecule has 1 heterocycles. The Morgan fingerprint density at radius 2 is 2.00 bits per heavy atom. The molecule has 0 radical (unpaired) electrons. The molecule has 0 N–H and O–H groups in total. The summed E-state index contributed by atoms with van der Waals surface area (Å²) in [6, 6.07) is 4.65. The molecule has 104 valence electrons. The van der Waals surface area contributed by atoms with Crippen LogP contribution < -0.4 is 4.74 Å². The summed E-state index contributed by atoms with van der Waals surface area (Å²) in [5.41, 5.74) is 1.07. The van der Waals surface area contributed by atoms with E-state index in [1.807, 2.05) is 0 Å². The van der Waals surface area contributed by atoms with Crippen molar-refractivity contribution in [2.45, 2.75) is 13.8 Å². The zero-order chi connectivity index (χ0) is 14.9. The highest BCUT2D eigenvalue weighted by Gasteiger charge is 2.20. The lowest BCUT2D eigenvalue weighted by Gasteiger charge is -2.09. The standard InChI is InChI=1S/C12H9BrClN3O3/c1-6-3-8(13)5-9(17(18)19)11(6)20-10-4-7(2)15-12(14)16-10/h3-5H,1-2H3. The Kier molecular flexibility index (Phi) is 4.20. The van der Waals surface area contributed by atoms with Gasteiger partial charge in [0.05, 0.1) is 4.92 Å². The molecular weight excluding hydrogens is 350 g/mol. The molecule has 0 aliphatic carbocycles. The van der Waals surface area contributed by atoms with E-state index in [4.69, 9.17) is 16.3 Å². The van der Waals surface area contributed by atoms with Gasteiger partial charge in [-0.15, -0.1) is 0 Å². The van der Waals surface area contributed by atoms with Crippen molar-refractivity contribution < 1.29 is 9.66 Å². The first-order valence-electron chi connectivity index (χ1n) is 5.50. The minimum Gasteiger partial charge on any atom is -0.431 e. The highest BCUT2D eigenvalue weighted by molar-refractivity contribution is 9.10. The van der Waals surface area contributed by atoms with Gasteiger partial charge in [0.1, 0.15) is 0 Å². The Labute approximate surface area is 128 Å². The summed E-state index contributed by atoms with van der Waals surface area (Å²) < 4.78 is 6.12. The average molecular weight is 359 g/mol. The molecule has 0 aliphatic rings. The molecule has 0 amide bonds. The van der Waals surface area contributed by atoms with Crippen molar-refractivity contribution >= 4 is 33.2 Å². The molecule has 20 heavy (non-hydrogen) atoms. The van der Waals surface area contributed by atoms with E-state index < -0.39 is 4.92 Å². The number of nitro groups is 1. The lowest BCUT2D eigenvalue weighted by molar-refractivity contribution is -0.385. The Hall–Kier alpha value is -1.73. The molecule has 0 fully saturated rings. The molecule has 0 atom stereocenters. The average Bonchev–Trinajstić information content (AvgIpc) is 2.30. The van der Waals surface area contributed by atoms with Crippen molar-refractivity contribution in [1.29, 1.82) is 0 Å². The lowest BCUT2D eigenvalue weighted by Crippen LogP contribution is -1.98. The summed E-state index contributed by atoms with van der Waals surface area (Å²) in [5, 5.41) is 11.1. The zero-order valence-electron chi connectivity index (χ0n) is 10.6. The van der Waals surface area contributed by atoms with E-state index in [9.17, 15) is 10.1 Å². The SMILES string of the molecule is Cc1cc(Oc2c(C)cc(Br)cc2[N+](=O)[O-])nc(Cl)n1. The third kappa shape index (κ3) is 3.23. The van der Waals surface area contributed by atoms with Gasteiger partial charge in [0, 0.05) is 27.9 Å². The van der Waals surface area contributed by atoms with Crippen LogP contribution in [-0.2, 0) is 0 Å². The summed E-state index contributed by atoms with van der Waals surface area (Å²) >= 11 is 8.96. The van der Waals surface area contributed by atoms with Crippen molar-refractivity contribution in [2.24, 2.45) is 0 Å². The van der Waals surface area contributed by atoms with Gasteiger partial charge in [-0.2, -0.15) is 4.98 Å². The lowest BCUT2D eigenvalue weighted by atomic mass is 10.2. The van der Waals surface area contributed by atoms with Crippen molar-refractivity contribution in [3.05, 3.63) is 49.3 Å². The number of nitrogens with zero attached hydrogens (tertiary/aromatic N) is 3. The molecule has 0 aliphatic heterocycles. The van der Waals surface area contributed by atoms with Crippen LogP contribution in [0.5, 0.6) is 11.6 Å². The smallest absolute Gasteiger partial charge is 0.313 e. The summed E-state index contributed by atoms with van der Waals surface area (Å²) in [6.45, 7) is 3.44. The number of nitro benzene ring substituents is 1. The molecule has 0 unspecified atom stereocenters. The topological polar surface area (TPSA) is 78.2 Å². The van der Waals surface area contributed by atoms with Gasteiger partial charge in [0.25, 0.3) is 0 Å². The van der Waals surface area contributed by atoms with Gasteiger partial charge in [-0.3, -0.25) is 10.1 Å². The van der Waals surface area contributed by atoms with Crippen molar-refractivity contribution in [2.75, 3.05) is 0 Å². The minimum atomic E-state index is -0.511. The minimum absolute atomic E-state index is 0.0254. The van der Waals surface area contributed by atoms with Crippen LogP contribution in [0.25, 0.3) is 0 Å². The van der Waals surface area contributed by atoms with Crippen LogP contribution >= 0.6 is 27.5 Å². The van der Waals surface area contributed by atoms with Gasteiger partial charge in [0.15, 0.2) is 0 Å². The van der Waals surface area contributed by atoms with Gasteiger partial charge in [-0.25, -0.2) is 4.98 Å². The van der Waals surface area contributed by atoms with Crippen LogP contribution in [0, 0.1) is 24.0 Å². The summed E-state index contributed by atoms with van der Waals surface area (Å²) in [7, 11) is 0. The van der Waals surface area contributed by atoms with Crippen molar-refractivity contribution in [1.82, 2.24) is 9.97 Å². The molecule has 0 saturated carbocycles. The molecule has 1 aromatic heterocycles. The predicted molar refractivity (Wildman–Crippen MR) is 77.4 cm³/mol. The molecule has 0 saturated heterocycles. The normalized spacial score (nSPS) is 10.4. The quantitative estimate of drug-likeness (QED) is 0.466. The maximum Gasteiger partial charge on any atom is 0.313 e. The van der Waals surface area contributed by atoms with E-state index >= 15 is 0 Å². The molecule has 8 heteroatoms. The van der Waals surface area contributed by atoms with E-state index in [-0.39, 0.29) is 22.6 Å². The Morgan fingerprint density at radius 3 is 2.60 bits per heavy atom. The maximum absolute atomic E-state index is 11.1. The summed E-state index contributed by atoms with van der Waals surface area (Å²) in [6.07, 6.45) is 0. The number of rotatable bonds is 3.